The van der Waals surface area contributed by atoms with Crippen LogP contribution in [-0.4, -0.2) is 42.2 Å². The zero-order valence-electron chi connectivity index (χ0n) is 10.7. The number of nitrogens with one attached hydrogen (secondary N) is 2. The predicted molar refractivity (Wildman–Crippen MR) is 65.1 cm³/mol. The van der Waals surface area contributed by atoms with Crippen LogP contribution in [0.4, 0.5) is 0 Å². The maximum absolute atomic E-state index is 11.5. The quantitative estimate of drug-likeness (QED) is 0.439. The van der Waals surface area contributed by atoms with Gasteiger partial charge in [0.15, 0.2) is 0 Å². The number of rotatable bonds is 8. The van der Waals surface area contributed by atoms with E-state index in [4.69, 9.17) is 10.8 Å². The molecule has 0 saturated carbocycles. The van der Waals surface area contributed by atoms with Crippen molar-refractivity contribution >= 4 is 11.8 Å². The fourth-order valence-electron chi connectivity index (χ4n) is 1.12. The van der Waals surface area contributed by atoms with E-state index in [1.807, 2.05) is 0 Å². The van der Waals surface area contributed by atoms with Gasteiger partial charge in [0.2, 0.25) is 11.8 Å². The summed E-state index contributed by atoms with van der Waals surface area (Å²) in [5, 5.41) is 14.6. The Bertz CT molecular complexity index is 256. The Balaban J connectivity index is 3.78. The summed E-state index contributed by atoms with van der Waals surface area (Å²) in [6, 6.07) is -0.462. The summed E-state index contributed by atoms with van der Waals surface area (Å²) < 4.78 is 0. The van der Waals surface area contributed by atoms with Gasteiger partial charge in [-0.2, -0.15) is 0 Å². The van der Waals surface area contributed by atoms with E-state index in [0.717, 1.165) is 6.42 Å². The van der Waals surface area contributed by atoms with E-state index in [9.17, 15) is 9.59 Å². The third kappa shape index (κ3) is 7.70. The molecule has 5 N–H and O–H groups in total. The topological polar surface area (TPSA) is 104 Å². The molecule has 0 aromatic carbocycles. The third-order valence-electron chi connectivity index (χ3n) is 2.36. The van der Waals surface area contributed by atoms with Crippen LogP contribution in [0.1, 0.15) is 27.2 Å². The highest BCUT2D eigenvalue weighted by atomic mass is 16.3. The van der Waals surface area contributed by atoms with Crippen molar-refractivity contribution in [2.24, 2.45) is 11.7 Å². The van der Waals surface area contributed by atoms with Crippen LogP contribution in [-0.2, 0) is 9.59 Å². The number of carbonyl (C=O) groups excluding carboxylic acids is 2. The Hall–Kier alpha value is -1.14. The van der Waals surface area contributed by atoms with Gasteiger partial charge < -0.3 is 21.5 Å². The zero-order valence-corrected chi connectivity index (χ0v) is 10.7. The maximum Gasteiger partial charge on any atom is 0.247 e. The van der Waals surface area contributed by atoms with Gasteiger partial charge in [-0.15, -0.1) is 0 Å². The molecular formula is C11H23N3O3. The molecule has 0 heterocycles. The van der Waals surface area contributed by atoms with Crippen LogP contribution >= 0.6 is 0 Å². The van der Waals surface area contributed by atoms with Crippen LogP contribution in [0.5, 0.6) is 0 Å². The molecule has 0 rings (SSSR count). The van der Waals surface area contributed by atoms with E-state index in [2.05, 4.69) is 24.5 Å². The van der Waals surface area contributed by atoms with Crippen molar-refractivity contribution in [2.45, 2.75) is 39.3 Å². The number of aliphatic hydroxyl groups is 1. The predicted octanol–water partition coefficient (Wildman–Crippen LogP) is -1.03. The van der Waals surface area contributed by atoms with E-state index in [1.165, 1.54) is 0 Å². The van der Waals surface area contributed by atoms with Crippen molar-refractivity contribution < 1.29 is 14.7 Å². The Morgan fingerprint density at radius 1 is 1.29 bits per heavy atom. The van der Waals surface area contributed by atoms with Gasteiger partial charge in [-0.1, -0.05) is 13.8 Å². The average Bonchev–Trinajstić information content (AvgIpc) is 2.24. The molecule has 0 aliphatic heterocycles. The number of amides is 2. The van der Waals surface area contributed by atoms with Gasteiger partial charge in [-0.25, -0.2) is 0 Å². The molecule has 0 fully saturated rings. The third-order valence-corrected chi connectivity index (χ3v) is 2.36. The first kappa shape index (κ1) is 15.9. The Morgan fingerprint density at radius 3 is 2.35 bits per heavy atom. The van der Waals surface area contributed by atoms with Crippen LogP contribution in [0, 0.1) is 5.92 Å². The van der Waals surface area contributed by atoms with Crippen LogP contribution in [0.3, 0.4) is 0 Å². The van der Waals surface area contributed by atoms with E-state index in [0.29, 0.717) is 12.5 Å². The monoisotopic (exact) mass is 245 g/mol. The van der Waals surface area contributed by atoms with Gasteiger partial charge >= 0.3 is 0 Å². The van der Waals surface area contributed by atoms with E-state index < -0.39 is 18.1 Å². The summed E-state index contributed by atoms with van der Waals surface area (Å²) in [6.45, 7) is 6.43. The lowest BCUT2D eigenvalue weighted by Gasteiger charge is -2.16. The van der Waals surface area contributed by atoms with Gasteiger partial charge in [-0.05, 0) is 19.3 Å². The fourth-order valence-corrected chi connectivity index (χ4v) is 1.12. The molecule has 0 spiro atoms. The maximum atomic E-state index is 11.5. The van der Waals surface area contributed by atoms with Crippen LogP contribution < -0.4 is 16.4 Å². The van der Waals surface area contributed by atoms with Gasteiger partial charge in [0.25, 0.3) is 0 Å². The normalized spacial score (nSPS) is 14.4. The lowest BCUT2D eigenvalue weighted by Crippen LogP contribution is -2.47. The molecule has 6 nitrogen and oxygen atoms in total. The summed E-state index contributed by atoms with van der Waals surface area (Å²) in [7, 11) is 0. The second kappa shape index (κ2) is 8.03. The number of nitrogens with two attached hydrogens (primary N) is 1. The molecule has 2 atom stereocenters. The SMILES string of the molecule is CC(C)CCNC(=O)C(C)NCC(O)C(N)=O. The highest BCUT2D eigenvalue weighted by Gasteiger charge is 2.16. The second-order valence-corrected chi connectivity index (χ2v) is 4.52. The summed E-state index contributed by atoms with van der Waals surface area (Å²) in [4.78, 5) is 22.1. The first-order valence-electron chi connectivity index (χ1n) is 5.83. The molecule has 0 aromatic heterocycles. The number of aliphatic hydroxyl groups excluding tert-OH is 1. The molecule has 0 saturated heterocycles. The van der Waals surface area contributed by atoms with Gasteiger partial charge in [0.1, 0.15) is 6.10 Å². The highest BCUT2D eigenvalue weighted by Crippen LogP contribution is 1.96. The zero-order chi connectivity index (χ0) is 13.4. The molecule has 2 amide bonds. The summed E-state index contributed by atoms with van der Waals surface area (Å²) >= 11 is 0. The highest BCUT2D eigenvalue weighted by molar-refractivity contribution is 5.81. The van der Waals surface area contributed by atoms with E-state index in [1.54, 1.807) is 6.92 Å². The number of carbonyl (C=O) groups is 2. The average molecular weight is 245 g/mol. The molecule has 0 bridgehead atoms. The molecular weight excluding hydrogens is 222 g/mol. The molecule has 2 unspecified atom stereocenters. The Kier molecular flexibility index (Phi) is 7.49. The largest absolute Gasteiger partial charge is 0.382 e. The van der Waals surface area contributed by atoms with E-state index >= 15 is 0 Å². The summed E-state index contributed by atoms with van der Waals surface area (Å²) in [6.07, 6.45) is -0.344. The van der Waals surface area contributed by atoms with Crippen LogP contribution in [0.15, 0.2) is 0 Å². The minimum Gasteiger partial charge on any atom is -0.382 e. The first-order valence-corrected chi connectivity index (χ1v) is 5.83. The molecule has 6 heteroatoms. The molecule has 0 aromatic rings. The van der Waals surface area contributed by atoms with Crippen molar-refractivity contribution in [3.8, 4) is 0 Å². The van der Waals surface area contributed by atoms with Crippen LogP contribution in [0.25, 0.3) is 0 Å². The first-order chi connectivity index (χ1) is 7.84. The molecule has 17 heavy (non-hydrogen) atoms. The summed E-state index contributed by atoms with van der Waals surface area (Å²) in [5.41, 5.74) is 4.88. The minimum atomic E-state index is -1.26. The Labute approximate surface area is 102 Å². The summed E-state index contributed by atoms with van der Waals surface area (Å²) in [5.74, 6) is -0.414. The molecule has 0 aliphatic rings. The fraction of sp³-hybridized carbons (Fsp3) is 0.818. The second-order valence-electron chi connectivity index (χ2n) is 4.52. The molecule has 0 aliphatic carbocycles. The standard InChI is InChI=1S/C11H23N3O3/c1-7(2)4-5-13-11(17)8(3)14-6-9(15)10(12)16/h7-9,14-15H,4-6H2,1-3H3,(H2,12,16)(H,13,17). The van der Waals surface area contributed by atoms with Gasteiger partial charge in [-0.3, -0.25) is 9.59 Å². The smallest absolute Gasteiger partial charge is 0.247 e. The van der Waals surface area contributed by atoms with Crippen molar-refractivity contribution in [3.05, 3.63) is 0 Å². The number of primary amides is 1. The van der Waals surface area contributed by atoms with Crippen molar-refractivity contribution in [1.82, 2.24) is 10.6 Å². The van der Waals surface area contributed by atoms with Gasteiger partial charge in [0.05, 0.1) is 6.04 Å². The number of hydrogen-bond acceptors (Lipinski definition) is 4. The Morgan fingerprint density at radius 2 is 1.88 bits per heavy atom. The molecule has 100 valence electrons. The minimum absolute atomic E-state index is 0.0197. The van der Waals surface area contributed by atoms with Crippen molar-refractivity contribution in [2.75, 3.05) is 13.1 Å². The number of hydrogen-bond donors (Lipinski definition) is 4. The lowest BCUT2D eigenvalue weighted by molar-refractivity contribution is -0.127. The van der Waals surface area contributed by atoms with E-state index in [-0.39, 0.29) is 12.5 Å². The van der Waals surface area contributed by atoms with Crippen LogP contribution in [0.2, 0.25) is 0 Å². The van der Waals surface area contributed by atoms with Crippen molar-refractivity contribution in [1.29, 1.82) is 0 Å². The van der Waals surface area contributed by atoms with Gasteiger partial charge in [0, 0.05) is 13.1 Å². The lowest BCUT2D eigenvalue weighted by atomic mass is 10.1. The molecule has 0 radical (unpaired) electrons. The van der Waals surface area contributed by atoms with Crippen molar-refractivity contribution in [3.63, 3.8) is 0 Å².